The largest absolute Gasteiger partial charge is 0.760 e. The van der Waals surface area contributed by atoms with Gasteiger partial charge in [-0.1, -0.05) is 48.0 Å². The Hall–Kier alpha value is -0.230. The molecule has 1 rings (SSSR count). The van der Waals surface area contributed by atoms with Gasteiger partial charge in [-0.2, -0.15) is 0 Å². The third-order valence-corrected chi connectivity index (χ3v) is 3.30. The normalized spacial score (nSPS) is 15.3. The number of nitrogens with one attached hydrogen (secondary N) is 1. The van der Waals surface area contributed by atoms with Crippen molar-refractivity contribution in [1.29, 1.82) is 0 Å². The monoisotopic (exact) mass is 290 g/mol. The molecule has 1 aromatic carbocycles. The summed E-state index contributed by atoms with van der Waals surface area (Å²) in [4.78, 5) is 0. The average molecular weight is 291 g/mol. The molecule has 0 aliphatic carbocycles. The first kappa shape index (κ1) is 12.8. The molecule has 1 N–H and O–H groups in total. The summed E-state index contributed by atoms with van der Waals surface area (Å²) in [6.45, 7) is 3.95. The van der Waals surface area contributed by atoms with E-state index in [0.717, 1.165) is 10.0 Å². The van der Waals surface area contributed by atoms with Gasteiger partial charge in [0.2, 0.25) is 0 Å². The highest BCUT2D eigenvalue weighted by atomic mass is 79.9. The van der Waals surface area contributed by atoms with Crippen molar-refractivity contribution >= 4 is 27.2 Å². The Kier molecular flexibility index (Phi) is 4.92. The van der Waals surface area contributed by atoms with Gasteiger partial charge >= 0.3 is 0 Å². The zero-order chi connectivity index (χ0) is 11.4. The van der Waals surface area contributed by atoms with Crippen LogP contribution in [-0.2, 0) is 11.3 Å². The van der Waals surface area contributed by atoms with Crippen LogP contribution in [0.2, 0.25) is 0 Å². The molecule has 84 valence electrons. The SMILES string of the molecule is CC(C)C(NS(=O)[O-])c1ccccc1Br. The standard InChI is InChI=1S/C10H14BrNO2S/c1-7(2)10(12-15(13)14)8-5-3-4-6-9(8)11/h3-7,10,12H,1-2H3,(H,13,14)/p-1. The molecule has 5 heteroatoms. The summed E-state index contributed by atoms with van der Waals surface area (Å²) in [7, 11) is 0. The summed E-state index contributed by atoms with van der Waals surface area (Å²) in [5.41, 5.74) is 0.955. The molecule has 0 spiro atoms. The van der Waals surface area contributed by atoms with Crippen LogP contribution < -0.4 is 4.72 Å². The number of hydrogen-bond donors (Lipinski definition) is 1. The maximum Gasteiger partial charge on any atom is 0.0468 e. The third-order valence-electron chi connectivity index (χ3n) is 2.13. The quantitative estimate of drug-likeness (QED) is 0.867. The lowest BCUT2D eigenvalue weighted by atomic mass is 9.97. The van der Waals surface area contributed by atoms with Gasteiger partial charge in [0.15, 0.2) is 0 Å². The number of rotatable bonds is 4. The molecular weight excluding hydrogens is 278 g/mol. The summed E-state index contributed by atoms with van der Waals surface area (Å²) in [6, 6.07) is 7.41. The van der Waals surface area contributed by atoms with Gasteiger partial charge in [-0.15, -0.1) is 0 Å². The molecular formula is C10H13BrNO2S-. The van der Waals surface area contributed by atoms with E-state index in [2.05, 4.69) is 20.7 Å². The van der Waals surface area contributed by atoms with E-state index >= 15 is 0 Å². The van der Waals surface area contributed by atoms with Crippen LogP contribution in [0.4, 0.5) is 0 Å². The summed E-state index contributed by atoms with van der Waals surface area (Å²) in [5, 5.41) is 0. The molecule has 2 unspecified atom stereocenters. The van der Waals surface area contributed by atoms with Crippen LogP contribution in [0, 0.1) is 5.92 Å². The van der Waals surface area contributed by atoms with Crippen LogP contribution in [0.15, 0.2) is 28.7 Å². The highest BCUT2D eigenvalue weighted by Gasteiger charge is 2.17. The number of benzene rings is 1. The summed E-state index contributed by atoms with van der Waals surface area (Å²) in [5.74, 6) is 0.196. The van der Waals surface area contributed by atoms with Crippen molar-refractivity contribution < 1.29 is 8.76 Å². The first-order chi connectivity index (χ1) is 7.02. The minimum absolute atomic E-state index is 0.195. The van der Waals surface area contributed by atoms with Gasteiger partial charge in [0.05, 0.1) is 0 Å². The lowest BCUT2D eigenvalue weighted by molar-refractivity contribution is 0.445. The van der Waals surface area contributed by atoms with Gasteiger partial charge in [0.1, 0.15) is 0 Å². The molecule has 0 heterocycles. The van der Waals surface area contributed by atoms with Crippen LogP contribution in [0.3, 0.4) is 0 Å². The Bertz CT molecular complexity index is 357. The zero-order valence-electron chi connectivity index (χ0n) is 8.57. The van der Waals surface area contributed by atoms with E-state index in [1.165, 1.54) is 0 Å². The molecule has 0 fully saturated rings. The van der Waals surface area contributed by atoms with Gasteiger partial charge in [0.25, 0.3) is 0 Å². The Morgan fingerprint density at radius 1 is 1.40 bits per heavy atom. The van der Waals surface area contributed by atoms with Crippen LogP contribution in [0.5, 0.6) is 0 Å². The molecule has 0 aromatic heterocycles. The first-order valence-corrected chi connectivity index (χ1v) is 6.49. The first-order valence-electron chi connectivity index (χ1n) is 4.62. The predicted molar refractivity (Wildman–Crippen MR) is 63.8 cm³/mol. The molecule has 0 radical (unpaired) electrons. The van der Waals surface area contributed by atoms with E-state index in [1.54, 1.807) is 0 Å². The molecule has 0 amide bonds. The van der Waals surface area contributed by atoms with Crippen LogP contribution in [0.1, 0.15) is 25.5 Å². The van der Waals surface area contributed by atoms with Crippen molar-refractivity contribution in [3.63, 3.8) is 0 Å². The number of halogens is 1. The van der Waals surface area contributed by atoms with Gasteiger partial charge < -0.3 is 4.55 Å². The third kappa shape index (κ3) is 3.68. The van der Waals surface area contributed by atoms with Crippen molar-refractivity contribution in [3.8, 4) is 0 Å². The average Bonchev–Trinajstić information content (AvgIpc) is 2.15. The molecule has 0 saturated carbocycles. The second kappa shape index (κ2) is 5.75. The van der Waals surface area contributed by atoms with E-state index < -0.39 is 11.3 Å². The molecule has 2 atom stereocenters. The maximum absolute atomic E-state index is 10.7. The lowest BCUT2D eigenvalue weighted by Gasteiger charge is -2.24. The lowest BCUT2D eigenvalue weighted by Crippen LogP contribution is -2.27. The Morgan fingerprint density at radius 2 is 2.00 bits per heavy atom. The van der Waals surface area contributed by atoms with Crippen molar-refractivity contribution in [2.45, 2.75) is 19.9 Å². The topological polar surface area (TPSA) is 52.2 Å². The van der Waals surface area contributed by atoms with E-state index in [9.17, 15) is 8.76 Å². The van der Waals surface area contributed by atoms with Crippen molar-refractivity contribution in [2.24, 2.45) is 5.92 Å². The van der Waals surface area contributed by atoms with Crippen molar-refractivity contribution in [3.05, 3.63) is 34.3 Å². The Labute approximate surface area is 101 Å². The van der Waals surface area contributed by atoms with E-state index in [1.807, 2.05) is 38.1 Å². The highest BCUT2D eigenvalue weighted by Crippen LogP contribution is 2.28. The van der Waals surface area contributed by atoms with Crippen LogP contribution in [-0.4, -0.2) is 8.76 Å². The highest BCUT2D eigenvalue weighted by molar-refractivity contribution is 9.10. The summed E-state index contributed by atoms with van der Waals surface area (Å²) < 4.78 is 24.8. The molecule has 0 aliphatic rings. The Morgan fingerprint density at radius 3 is 2.47 bits per heavy atom. The minimum Gasteiger partial charge on any atom is -0.760 e. The van der Waals surface area contributed by atoms with Gasteiger partial charge in [-0.3, -0.25) is 4.21 Å². The van der Waals surface area contributed by atoms with E-state index in [0.29, 0.717) is 0 Å². The fourth-order valence-corrected chi connectivity index (χ4v) is 2.53. The van der Waals surface area contributed by atoms with Crippen LogP contribution in [0.25, 0.3) is 0 Å². The number of hydrogen-bond acceptors (Lipinski definition) is 2. The Balaban J connectivity index is 2.99. The summed E-state index contributed by atoms with van der Waals surface area (Å²) >= 11 is 1.17. The van der Waals surface area contributed by atoms with Gasteiger partial charge in [-0.05, 0) is 17.5 Å². The molecule has 0 aliphatic heterocycles. The molecule has 1 aromatic rings. The molecule has 3 nitrogen and oxygen atoms in total. The van der Waals surface area contributed by atoms with E-state index in [-0.39, 0.29) is 12.0 Å². The smallest absolute Gasteiger partial charge is 0.0468 e. The second-order valence-electron chi connectivity index (χ2n) is 3.60. The zero-order valence-corrected chi connectivity index (χ0v) is 11.0. The minimum atomic E-state index is -2.25. The second-order valence-corrected chi connectivity index (χ2v) is 5.16. The van der Waals surface area contributed by atoms with E-state index in [4.69, 9.17) is 0 Å². The fraction of sp³-hybridized carbons (Fsp3) is 0.400. The van der Waals surface area contributed by atoms with Crippen molar-refractivity contribution in [1.82, 2.24) is 4.72 Å². The summed E-state index contributed by atoms with van der Waals surface area (Å²) in [6.07, 6.45) is 0. The van der Waals surface area contributed by atoms with Crippen molar-refractivity contribution in [2.75, 3.05) is 0 Å². The van der Waals surface area contributed by atoms with Crippen LogP contribution >= 0.6 is 15.9 Å². The molecule has 0 bridgehead atoms. The van der Waals surface area contributed by atoms with Gasteiger partial charge in [-0.25, -0.2) is 4.72 Å². The maximum atomic E-state index is 10.7. The van der Waals surface area contributed by atoms with Gasteiger partial charge in [0, 0.05) is 21.8 Å². The molecule has 0 saturated heterocycles. The fourth-order valence-electron chi connectivity index (χ4n) is 1.39. The molecule has 15 heavy (non-hydrogen) atoms. The predicted octanol–water partition coefficient (Wildman–Crippen LogP) is 2.53.